The maximum Gasteiger partial charge on any atom is 0.276 e. The van der Waals surface area contributed by atoms with Crippen LogP contribution in [0.4, 0.5) is 10.9 Å². The number of aliphatic hydroxyl groups excluding tert-OH is 1. The first-order valence-electron chi connectivity index (χ1n) is 10.2. The van der Waals surface area contributed by atoms with Gasteiger partial charge in [-0.3, -0.25) is 14.5 Å². The largest absolute Gasteiger partial charge is 0.543 e. The lowest BCUT2D eigenvalue weighted by Gasteiger charge is -2.50. The van der Waals surface area contributed by atoms with Crippen molar-refractivity contribution in [3.05, 3.63) is 34.6 Å². The first-order valence-corrected chi connectivity index (χ1v) is 12.1. The highest BCUT2D eigenvalue weighted by molar-refractivity contribution is 8.00. The second kappa shape index (κ2) is 11.2. The Morgan fingerprint density at radius 2 is 2.20 bits per heavy atom. The molecule has 2 unspecified atom stereocenters. The predicted octanol–water partition coefficient (Wildman–Crippen LogP) is -2.62. The molecule has 1 saturated heterocycles. The number of nitrogen functional groups attached to an aromatic ring is 2. The van der Waals surface area contributed by atoms with Crippen molar-refractivity contribution in [2.45, 2.75) is 24.9 Å². The minimum Gasteiger partial charge on any atom is -0.543 e. The highest BCUT2D eigenvalue weighted by Crippen LogP contribution is 2.40. The monoisotopic (exact) mass is 524 g/mol. The number of carbonyl (C=O) groups excluding carboxylic acids is 3. The molecule has 7 N–H and O–H groups in total. The Hall–Kier alpha value is -3.63. The summed E-state index contributed by atoms with van der Waals surface area (Å²) < 4.78 is 1.60. The Morgan fingerprint density at radius 3 is 2.74 bits per heavy atom. The van der Waals surface area contributed by atoms with Gasteiger partial charge in [0, 0.05) is 29.4 Å². The molecule has 0 spiro atoms. The predicted molar refractivity (Wildman–Crippen MR) is 125 cm³/mol. The second-order valence-electron chi connectivity index (χ2n) is 7.12. The average Bonchev–Trinajstić information content (AvgIpc) is 3.43. The minimum absolute atomic E-state index is 0.149. The number of thiazole rings is 1. The van der Waals surface area contributed by atoms with Crippen LogP contribution in [0.25, 0.3) is 0 Å². The van der Waals surface area contributed by atoms with Gasteiger partial charge < -0.3 is 36.6 Å². The van der Waals surface area contributed by atoms with Gasteiger partial charge in [-0.25, -0.2) is 4.98 Å². The summed E-state index contributed by atoms with van der Waals surface area (Å²) in [5.74, 6) is -2.00. The van der Waals surface area contributed by atoms with E-state index in [0.717, 1.165) is 16.2 Å². The summed E-state index contributed by atoms with van der Waals surface area (Å²) in [4.78, 5) is 47.3. The fourth-order valence-electron chi connectivity index (χ4n) is 3.40. The number of nitrogens with two attached hydrogens (primary N) is 2. The van der Waals surface area contributed by atoms with E-state index in [1.54, 1.807) is 23.9 Å². The van der Waals surface area contributed by atoms with Crippen LogP contribution in [0.15, 0.2) is 34.1 Å². The number of aliphatic hydroxyl groups is 1. The van der Waals surface area contributed by atoms with Gasteiger partial charge in [0.25, 0.3) is 11.8 Å². The molecule has 4 heterocycles. The molecule has 188 valence electrons. The van der Waals surface area contributed by atoms with Gasteiger partial charge in [-0.05, 0) is 6.92 Å². The van der Waals surface area contributed by atoms with Crippen molar-refractivity contribution in [1.82, 2.24) is 20.3 Å². The fraction of sp³-hybridized carbons (Fsp3) is 0.368. The summed E-state index contributed by atoms with van der Waals surface area (Å²) in [5.41, 5.74) is 11.6. The number of hydrogen-bond acceptors (Lipinski definition) is 12. The van der Waals surface area contributed by atoms with Crippen LogP contribution >= 0.6 is 23.1 Å². The summed E-state index contributed by atoms with van der Waals surface area (Å²) in [6.07, 6.45) is 1.66. The molecule has 2 atom stereocenters. The number of aromatic amines is 1. The number of carboxylic acid groups (broad SMARTS) is 1. The van der Waals surface area contributed by atoms with Crippen LogP contribution in [0.2, 0.25) is 0 Å². The van der Waals surface area contributed by atoms with E-state index >= 15 is 0 Å². The Morgan fingerprint density at radius 1 is 1.49 bits per heavy atom. The Bertz CT molecular complexity index is 1180. The summed E-state index contributed by atoms with van der Waals surface area (Å²) in [5, 5.41) is 29.7. The summed E-state index contributed by atoms with van der Waals surface area (Å²) in [6, 6.07) is 0.684. The molecular formula is C19H24N8O6S2. The number of oxime groups is 1. The highest BCUT2D eigenvalue weighted by atomic mass is 32.2. The maximum atomic E-state index is 12.8. The lowest BCUT2D eigenvalue weighted by molar-refractivity contribution is -0.742. The maximum absolute atomic E-state index is 12.8. The van der Waals surface area contributed by atoms with Crippen molar-refractivity contribution in [3.63, 3.8) is 0 Å². The SMILES string of the molecule is CCO.CO/N=C(\C(=O)NC1C(=O)N2C(C(=O)[O-])=C(C[n+]3ccc(N)[nH]3)CSC12)c1csc(N)n1. The molecule has 4 rings (SSSR count). The van der Waals surface area contributed by atoms with E-state index in [4.69, 9.17) is 21.4 Å². The van der Waals surface area contributed by atoms with E-state index in [9.17, 15) is 19.5 Å². The number of thioether (sulfide) groups is 1. The first-order chi connectivity index (χ1) is 16.7. The van der Waals surface area contributed by atoms with Gasteiger partial charge in [-0.2, -0.15) is 0 Å². The van der Waals surface area contributed by atoms with Gasteiger partial charge in [-0.15, -0.1) is 32.9 Å². The van der Waals surface area contributed by atoms with Gasteiger partial charge in [0.05, 0.1) is 11.7 Å². The van der Waals surface area contributed by atoms with Crippen molar-refractivity contribution in [2.75, 3.05) is 30.9 Å². The van der Waals surface area contributed by atoms with Crippen molar-refractivity contribution in [3.8, 4) is 0 Å². The number of anilines is 2. The molecule has 0 aliphatic carbocycles. The highest BCUT2D eigenvalue weighted by Gasteiger charge is 2.53. The van der Waals surface area contributed by atoms with Crippen molar-refractivity contribution < 1.29 is 34.1 Å². The molecule has 14 nitrogen and oxygen atoms in total. The molecule has 2 aromatic rings. The molecule has 0 saturated carbocycles. The average molecular weight is 525 g/mol. The number of fused-ring (bicyclic) bond motifs is 1. The smallest absolute Gasteiger partial charge is 0.276 e. The van der Waals surface area contributed by atoms with E-state index in [2.05, 4.69) is 20.6 Å². The second-order valence-corrected chi connectivity index (χ2v) is 9.12. The molecule has 35 heavy (non-hydrogen) atoms. The molecular weight excluding hydrogens is 500 g/mol. The minimum atomic E-state index is -1.47. The van der Waals surface area contributed by atoms with Gasteiger partial charge in [0.1, 0.15) is 24.2 Å². The standard InChI is InChI=1S/C17H18N8O5S2.C2H6O/c1-30-23-10(8-6-32-17(19)20-8)13(26)21-11-14(27)25-12(16(28)29)7(5-31-15(11)25)4-24-3-2-9(18)22-24;1-2-3/h2-3,6,11,15H,4-5H2,1H3,(H6,18,19,20,21,22,26,28,29);3H,2H2,1H3/b23-10-;. The summed E-state index contributed by atoms with van der Waals surface area (Å²) in [6.45, 7) is 2.12. The van der Waals surface area contributed by atoms with Crippen LogP contribution in [0.1, 0.15) is 12.6 Å². The molecule has 2 aliphatic heterocycles. The number of hydrogen-bond donors (Lipinski definition) is 5. The molecule has 1 fully saturated rings. The fourth-order valence-corrected chi connectivity index (χ4v) is 5.29. The number of β-lactam (4-membered cyclic amide) rings is 1. The van der Waals surface area contributed by atoms with E-state index < -0.39 is 29.2 Å². The van der Waals surface area contributed by atoms with Crippen LogP contribution in [-0.4, -0.2) is 74.5 Å². The van der Waals surface area contributed by atoms with Gasteiger partial charge in [-0.1, -0.05) is 5.16 Å². The molecule has 16 heteroatoms. The number of nitrogens with zero attached hydrogens (tertiary/aromatic N) is 4. The number of aromatic nitrogens is 3. The lowest BCUT2D eigenvalue weighted by atomic mass is 10.0. The molecule has 0 aromatic carbocycles. The number of rotatable bonds is 7. The number of nitrogens with one attached hydrogen (secondary N) is 2. The lowest BCUT2D eigenvalue weighted by Crippen LogP contribution is -2.71. The van der Waals surface area contributed by atoms with E-state index in [1.807, 2.05) is 0 Å². The zero-order valence-electron chi connectivity index (χ0n) is 18.8. The number of carbonyl (C=O) groups is 3. The van der Waals surface area contributed by atoms with Crippen LogP contribution < -0.4 is 26.6 Å². The van der Waals surface area contributed by atoms with E-state index in [-0.39, 0.29) is 35.4 Å². The molecule has 2 amide bonds. The van der Waals surface area contributed by atoms with Crippen LogP contribution in [0.3, 0.4) is 0 Å². The number of H-pyrrole nitrogens is 1. The van der Waals surface area contributed by atoms with E-state index in [1.165, 1.54) is 24.3 Å². The van der Waals surface area contributed by atoms with Crippen molar-refractivity contribution in [1.29, 1.82) is 0 Å². The van der Waals surface area contributed by atoms with Crippen LogP contribution in [0.5, 0.6) is 0 Å². The van der Waals surface area contributed by atoms with Crippen LogP contribution in [-0.2, 0) is 25.8 Å². The Balaban J connectivity index is 0.00000108. The van der Waals surface area contributed by atoms with Crippen molar-refractivity contribution >= 4 is 57.5 Å². The third-order valence-corrected chi connectivity index (χ3v) is 6.77. The van der Waals surface area contributed by atoms with Crippen LogP contribution in [0, 0.1) is 0 Å². The zero-order valence-corrected chi connectivity index (χ0v) is 20.4. The van der Waals surface area contributed by atoms with Gasteiger partial charge >= 0.3 is 0 Å². The molecule has 2 aliphatic rings. The van der Waals surface area contributed by atoms with Gasteiger partial charge in [0.15, 0.2) is 29.4 Å². The third kappa shape index (κ3) is 5.55. The third-order valence-electron chi connectivity index (χ3n) is 4.76. The van der Waals surface area contributed by atoms with Crippen molar-refractivity contribution in [2.24, 2.45) is 5.16 Å². The Labute approximate surface area is 207 Å². The molecule has 0 bridgehead atoms. The number of amides is 2. The molecule has 2 aromatic heterocycles. The Kier molecular flexibility index (Phi) is 8.31. The number of carboxylic acids is 1. The topological polar surface area (TPSA) is 216 Å². The quantitative estimate of drug-likeness (QED) is 0.110. The summed E-state index contributed by atoms with van der Waals surface area (Å²) >= 11 is 2.44. The number of aliphatic carboxylic acids is 1. The normalized spacial score (nSPS) is 19.3. The zero-order chi connectivity index (χ0) is 25.7. The molecule has 0 radical (unpaired) electrons. The van der Waals surface area contributed by atoms with Gasteiger partial charge in [0.2, 0.25) is 0 Å². The summed E-state index contributed by atoms with van der Waals surface area (Å²) in [7, 11) is 1.27. The van der Waals surface area contributed by atoms with E-state index in [0.29, 0.717) is 17.1 Å². The first kappa shape index (κ1) is 26.0.